The quantitative estimate of drug-likeness (QED) is 0.361. The van der Waals surface area contributed by atoms with Gasteiger partial charge in [0.05, 0.1) is 0 Å². The van der Waals surface area contributed by atoms with Crippen LogP contribution in [0.4, 0.5) is 0 Å². The van der Waals surface area contributed by atoms with Crippen molar-refractivity contribution >= 4 is 12.6 Å². The van der Waals surface area contributed by atoms with Gasteiger partial charge in [0.1, 0.15) is 0 Å². The molecule has 0 aliphatic heterocycles. The van der Waals surface area contributed by atoms with Crippen molar-refractivity contribution in [3.8, 4) is 16.9 Å². The summed E-state index contributed by atoms with van der Waals surface area (Å²) in [5, 5.41) is 1.83. The van der Waals surface area contributed by atoms with Crippen molar-refractivity contribution in [3.05, 3.63) is 48.5 Å². The van der Waals surface area contributed by atoms with E-state index in [4.69, 9.17) is 4.74 Å². The van der Waals surface area contributed by atoms with Crippen LogP contribution in [0.2, 0.25) is 0 Å². The molecule has 34 heavy (non-hydrogen) atoms. The molecule has 2 heteroatoms. The molecule has 0 aromatic heterocycles. The Hall–Kier alpha value is -1.33. The van der Waals surface area contributed by atoms with E-state index in [9.17, 15) is 0 Å². The van der Waals surface area contributed by atoms with Gasteiger partial charge < -0.3 is 0 Å². The summed E-state index contributed by atoms with van der Waals surface area (Å²) in [5.74, 6) is 1.08. The molecule has 5 rings (SSSR count). The minimum absolute atomic E-state index is 0.732. The van der Waals surface area contributed by atoms with Gasteiger partial charge in [-0.3, -0.25) is 0 Å². The zero-order chi connectivity index (χ0) is 23.2. The van der Waals surface area contributed by atoms with E-state index in [0.717, 1.165) is 29.3 Å². The Kier molecular flexibility index (Phi) is 8.32. The predicted molar refractivity (Wildman–Crippen MR) is 152 cm³/mol. The molecule has 3 saturated carbocycles. The first kappa shape index (κ1) is 24.4. The Bertz CT molecular complexity index is 857. The Morgan fingerprint density at radius 1 is 0.588 bits per heavy atom. The van der Waals surface area contributed by atoms with Gasteiger partial charge in [-0.25, -0.2) is 0 Å². The maximum atomic E-state index is 6.21. The third-order valence-corrected chi connectivity index (χ3v) is 16.9. The molecule has 0 heterocycles. The van der Waals surface area contributed by atoms with Crippen LogP contribution < -0.4 is 10.0 Å². The van der Waals surface area contributed by atoms with Crippen molar-refractivity contribution in [2.45, 2.75) is 120 Å². The average molecular weight is 479 g/mol. The van der Waals surface area contributed by atoms with Gasteiger partial charge >= 0.3 is 210 Å². The van der Waals surface area contributed by atoms with Crippen LogP contribution in [-0.4, -0.2) is 23.6 Å². The summed E-state index contributed by atoms with van der Waals surface area (Å²) in [4.78, 5) is 0. The molecular weight excluding hydrogens is 431 g/mol. The third-order valence-electron chi connectivity index (χ3n) is 9.71. The van der Waals surface area contributed by atoms with E-state index in [2.05, 4.69) is 55.5 Å². The third kappa shape index (κ3) is 4.72. The zero-order valence-corrected chi connectivity index (χ0v) is 22.6. The second-order valence-corrected chi connectivity index (χ2v) is 16.3. The molecule has 2 aromatic rings. The molecule has 3 aliphatic carbocycles. The number of rotatable bonds is 7. The van der Waals surface area contributed by atoms with Crippen molar-refractivity contribution in [3.63, 3.8) is 0 Å². The second-order valence-electron chi connectivity index (χ2n) is 11.4. The van der Waals surface area contributed by atoms with E-state index >= 15 is 0 Å². The van der Waals surface area contributed by atoms with Crippen molar-refractivity contribution < 1.29 is 4.74 Å². The van der Waals surface area contributed by atoms with Gasteiger partial charge in [-0.2, -0.15) is 0 Å². The molecule has 0 bridgehead atoms. The molecule has 0 amide bonds. The van der Waals surface area contributed by atoms with Gasteiger partial charge in [0, 0.05) is 0 Å². The average Bonchev–Trinajstić information content (AvgIpc) is 2.92. The Morgan fingerprint density at radius 2 is 1.03 bits per heavy atom. The van der Waals surface area contributed by atoms with Crippen molar-refractivity contribution in [2.75, 3.05) is 6.61 Å². The zero-order valence-electron chi connectivity index (χ0n) is 21.6. The number of benzene rings is 2. The maximum absolute atomic E-state index is 6.21. The monoisotopic (exact) mass is 478 g/mol. The van der Waals surface area contributed by atoms with Crippen LogP contribution in [0.15, 0.2) is 48.5 Å². The Balaban J connectivity index is 1.72. The fourth-order valence-corrected chi connectivity index (χ4v) is 16.9. The SMILES string of the molecule is CCOc1ccccc1-c1ccccc1[PH](C1CCCCC1)(C1CCCCC1)C1CCCCC1. The van der Waals surface area contributed by atoms with Gasteiger partial charge in [-0.05, 0) is 0 Å². The molecule has 186 valence electrons. The van der Waals surface area contributed by atoms with Crippen LogP contribution in [0.1, 0.15) is 103 Å². The van der Waals surface area contributed by atoms with Gasteiger partial charge in [0.15, 0.2) is 0 Å². The number of para-hydroxylation sites is 1. The molecule has 1 nitrogen and oxygen atoms in total. The summed E-state index contributed by atoms with van der Waals surface area (Å²) in [6.07, 6.45) is 22.2. The molecular formula is C32H47OP. The number of ether oxygens (including phenoxy) is 1. The first-order valence-electron chi connectivity index (χ1n) is 14.7. The predicted octanol–water partition coefficient (Wildman–Crippen LogP) is 9.13. The van der Waals surface area contributed by atoms with E-state index in [0.29, 0.717) is 0 Å². The van der Waals surface area contributed by atoms with E-state index < -0.39 is 7.26 Å². The first-order chi connectivity index (χ1) is 16.9. The summed E-state index contributed by atoms with van der Waals surface area (Å²) in [7, 11) is -1.80. The van der Waals surface area contributed by atoms with Crippen LogP contribution in [0.5, 0.6) is 5.75 Å². The normalized spacial score (nSPS) is 21.9. The van der Waals surface area contributed by atoms with Crippen LogP contribution in [0, 0.1) is 0 Å². The molecule has 0 radical (unpaired) electrons. The Labute approximate surface area is 209 Å². The number of hydrogen-bond acceptors (Lipinski definition) is 1. The van der Waals surface area contributed by atoms with Crippen LogP contribution in [-0.2, 0) is 0 Å². The standard InChI is InChI=1S/C32H47OP/c1-2-33-31-24-14-12-22-29(31)30-23-13-15-25-32(30)34(26-16-6-3-7-17-26,27-18-8-4-9-19-27)28-20-10-5-11-21-28/h12-15,22-28,34H,2-11,16-21H2,1H3. The summed E-state index contributed by atoms with van der Waals surface area (Å²) >= 11 is 0. The minimum atomic E-state index is -1.80. The first-order valence-corrected chi connectivity index (χ1v) is 16.9. The van der Waals surface area contributed by atoms with Crippen molar-refractivity contribution in [2.24, 2.45) is 0 Å². The van der Waals surface area contributed by atoms with Crippen LogP contribution in [0.3, 0.4) is 0 Å². The molecule has 3 fully saturated rings. The van der Waals surface area contributed by atoms with Crippen LogP contribution in [0.25, 0.3) is 11.1 Å². The topological polar surface area (TPSA) is 9.23 Å². The van der Waals surface area contributed by atoms with E-state index in [-0.39, 0.29) is 0 Å². The van der Waals surface area contributed by atoms with Crippen LogP contribution >= 0.6 is 7.26 Å². The van der Waals surface area contributed by atoms with Gasteiger partial charge in [0.2, 0.25) is 0 Å². The van der Waals surface area contributed by atoms with E-state index in [1.807, 2.05) is 5.30 Å². The Morgan fingerprint density at radius 3 is 1.53 bits per heavy atom. The van der Waals surface area contributed by atoms with Crippen molar-refractivity contribution in [1.82, 2.24) is 0 Å². The molecule has 2 aromatic carbocycles. The number of hydrogen-bond donors (Lipinski definition) is 0. The van der Waals surface area contributed by atoms with E-state index in [1.165, 1.54) is 107 Å². The fraction of sp³-hybridized carbons (Fsp3) is 0.625. The van der Waals surface area contributed by atoms with Gasteiger partial charge in [0.25, 0.3) is 0 Å². The molecule has 0 spiro atoms. The fourth-order valence-electron chi connectivity index (χ4n) is 8.47. The molecule has 0 atom stereocenters. The summed E-state index contributed by atoms with van der Waals surface area (Å²) < 4.78 is 6.21. The molecule has 0 saturated heterocycles. The molecule has 0 unspecified atom stereocenters. The molecule has 0 N–H and O–H groups in total. The summed E-state index contributed by atoms with van der Waals surface area (Å²) in [5.41, 5.74) is 5.81. The van der Waals surface area contributed by atoms with Gasteiger partial charge in [-0.1, -0.05) is 0 Å². The van der Waals surface area contributed by atoms with E-state index in [1.54, 1.807) is 0 Å². The molecule has 3 aliphatic rings. The second kappa shape index (κ2) is 11.6. The summed E-state index contributed by atoms with van der Waals surface area (Å²) in [6, 6.07) is 18.7. The summed E-state index contributed by atoms with van der Waals surface area (Å²) in [6.45, 7) is 2.85. The van der Waals surface area contributed by atoms with Crippen molar-refractivity contribution in [1.29, 1.82) is 0 Å². The van der Waals surface area contributed by atoms with Gasteiger partial charge in [-0.15, -0.1) is 0 Å².